The molecule has 2 aromatic carbocycles. The predicted molar refractivity (Wildman–Crippen MR) is 130 cm³/mol. The molecular weight excluding hydrogens is 412 g/mol. The molecule has 166 valence electrons. The number of benzene rings is 2. The molecule has 0 fully saturated rings. The first-order valence-electron chi connectivity index (χ1n) is 11.1. The van der Waals surface area contributed by atoms with Crippen molar-refractivity contribution in [2.75, 3.05) is 11.9 Å². The lowest BCUT2D eigenvalue weighted by molar-refractivity contribution is 0.568. The number of fused-ring (bicyclic) bond motifs is 1. The third kappa shape index (κ3) is 4.22. The number of imidazole rings is 1. The van der Waals surface area contributed by atoms with E-state index in [-0.39, 0.29) is 0 Å². The minimum absolute atomic E-state index is 0.453. The molecule has 0 saturated carbocycles. The van der Waals surface area contributed by atoms with Gasteiger partial charge in [0, 0.05) is 37.1 Å². The van der Waals surface area contributed by atoms with Gasteiger partial charge in [-0.1, -0.05) is 23.8 Å². The van der Waals surface area contributed by atoms with Crippen LogP contribution in [0.3, 0.4) is 0 Å². The van der Waals surface area contributed by atoms with Crippen molar-refractivity contribution in [3.63, 3.8) is 0 Å². The summed E-state index contributed by atoms with van der Waals surface area (Å²) >= 11 is 0. The topological polar surface area (TPSA) is 81.7 Å². The highest BCUT2D eigenvalue weighted by atomic mass is 16.4. The second-order valence-corrected chi connectivity index (χ2v) is 8.38. The van der Waals surface area contributed by atoms with Crippen molar-refractivity contribution in [2.45, 2.75) is 33.7 Å². The number of pyridine rings is 1. The minimum atomic E-state index is 0.453. The van der Waals surface area contributed by atoms with E-state index in [1.807, 2.05) is 12.5 Å². The van der Waals surface area contributed by atoms with Gasteiger partial charge in [0.05, 0.1) is 23.1 Å². The van der Waals surface area contributed by atoms with Gasteiger partial charge in [-0.05, 0) is 61.6 Å². The number of hydrogen-bond acceptors (Lipinski definition) is 6. The normalized spacial score (nSPS) is 11.2. The maximum absolute atomic E-state index is 5.53. The summed E-state index contributed by atoms with van der Waals surface area (Å²) in [6.07, 6.45) is 9.70. The quantitative estimate of drug-likeness (QED) is 0.334. The molecule has 3 aromatic heterocycles. The SMILES string of the molecule is Cc1cc(C)c(-c2ccc3ncc(-c4nnco4)c(NCCCn4ccnc4)c3c2)c(C)c1. The minimum Gasteiger partial charge on any atom is -0.423 e. The first-order valence-corrected chi connectivity index (χ1v) is 11.1. The molecule has 5 aromatic rings. The van der Waals surface area contributed by atoms with Crippen LogP contribution in [-0.4, -0.2) is 31.3 Å². The summed E-state index contributed by atoms with van der Waals surface area (Å²) in [5, 5.41) is 12.7. The standard InChI is InChI=1S/C26H26N6O/c1-17-11-18(2)24(19(3)12-17)20-5-6-23-21(13-20)25(22(14-29-23)26-31-30-16-33-26)28-7-4-9-32-10-8-27-15-32/h5-6,8,10-16H,4,7,9H2,1-3H3,(H,28,29). The zero-order valence-electron chi connectivity index (χ0n) is 19.0. The molecular formula is C26H26N6O. The Hall–Kier alpha value is -4.00. The van der Waals surface area contributed by atoms with Gasteiger partial charge in [-0.2, -0.15) is 0 Å². The maximum Gasteiger partial charge on any atom is 0.251 e. The number of nitrogens with zero attached hydrogens (tertiary/aromatic N) is 5. The summed E-state index contributed by atoms with van der Waals surface area (Å²) in [5.74, 6) is 0.453. The van der Waals surface area contributed by atoms with Crippen molar-refractivity contribution >= 4 is 16.6 Å². The summed E-state index contributed by atoms with van der Waals surface area (Å²) in [7, 11) is 0. The molecule has 33 heavy (non-hydrogen) atoms. The van der Waals surface area contributed by atoms with Crippen LogP contribution >= 0.6 is 0 Å². The number of nitrogens with one attached hydrogen (secondary N) is 1. The monoisotopic (exact) mass is 438 g/mol. The van der Waals surface area contributed by atoms with Gasteiger partial charge in [0.25, 0.3) is 5.89 Å². The second-order valence-electron chi connectivity index (χ2n) is 8.38. The highest BCUT2D eigenvalue weighted by molar-refractivity contribution is 6.00. The lowest BCUT2D eigenvalue weighted by atomic mass is 9.92. The predicted octanol–water partition coefficient (Wildman–Crippen LogP) is 5.58. The zero-order chi connectivity index (χ0) is 22.8. The maximum atomic E-state index is 5.53. The van der Waals surface area contributed by atoms with Crippen molar-refractivity contribution in [1.29, 1.82) is 0 Å². The van der Waals surface area contributed by atoms with Crippen LogP contribution < -0.4 is 5.32 Å². The van der Waals surface area contributed by atoms with Crippen LogP contribution in [0.25, 0.3) is 33.5 Å². The number of aryl methyl sites for hydroxylation is 4. The Morgan fingerprint density at radius 1 is 1.06 bits per heavy atom. The van der Waals surface area contributed by atoms with E-state index in [1.54, 1.807) is 12.4 Å². The van der Waals surface area contributed by atoms with E-state index < -0.39 is 0 Å². The van der Waals surface area contributed by atoms with Crippen LogP contribution in [0.1, 0.15) is 23.1 Å². The second kappa shape index (κ2) is 8.86. The zero-order valence-corrected chi connectivity index (χ0v) is 19.0. The number of anilines is 1. The third-order valence-corrected chi connectivity index (χ3v) is 5.88. The van der Waals surface area contributed by atoms with Crippen LogP contribution in [0.4, 0.5) is 5.69 Å². The van der Waals surface area contributed by atoms with E-state index in [1.165, 1.54) is 34.2 Å². The van der Waals surface area contributed by atoms with E-state index in [0.29, 0.717) is 5.89 Å². The van der Waals surface area contributed by atoms with Gasteiger partial charge in [0.15, 0.2) is 0 Å². The van der Waals surface area contributed by atoms with Gasteiger partial charge in [0.2, 0.25) is 6.39 Å². The molecule has 0 spiro atoms. The summed E-state index contributed by atoms with van der Waals surface area (Å²) in [4.78, 5) is 8.79. The van der Waals surface area contributed by atoms with Gasteiger partial charge in [-0.15, -0.1) is 10.2 Å². The summed E-state index contributed by atoms with van der Waals surface area (Å²) < 4.78 is 7.60. The Balaban J connectivity index is 1.56. The van der Waals surface area contributed by atoms with Crippen LogP contribution in [0.15, 0.2) is 66.1 Å². The number of hydrogen-bond donors (Lipinski definition) is 1. The molecule has 7 heteroatoms. The highest BCUT2D eigenvalue weighted by Crippen LogP contribution is 2.36. The van der Waals surface area contributed by atoms with Crippen molar-refractivity contribution in [2.24, 2.45) is 0 Å². The van der Waals surface area contributed by atoms with Crippen LogP contribution in [0, 0.1) is 20.8 Å². The fourth-order valence-corrected chi connectivity index (χ4v) is 4.52. The number of rotatable bonds is 7. The smallest absolute Gasteiger partial charge is 0.251 e. The first-order chi connectivity index (χ1) is 16.1. The molecule has 0 bridgehead atoms. The van der Waals surface area contributed by atoms with E-state index in [4.69, 9.17) is 4.42 Å². The van der Waals surface area contributed by atoms with Crippen LogP contribution in [-0.2, 0) is 6.54 Å². The fourth-order valence-electron chi connectivity index (χ4n) is 4.52. The van der Waals surface area contributed by atoms with Gasteiger partial charge >= 0.3 is 0 Å². The average Bonchev–Trinajstić information content (AvgIpc) is 3.50. The molecule has 0 aliphatic carbocycles. The van der Waals surface area contributed by atoms with Crippen molar-refractivity contribution < 1.29 is 4.42 Å². The van der Waals surface area contributed by atoms with Crippen LogP contribution in [0.2, 0.25) is 0 Å². The molecule has 0 aliphatic heterocycles. The highest BCUT2D eigenvalue weighted by Gasteiger charge is 2.16. The molecule has 5 rings (SSSR count). The van der Waals surface area contributed by atoms with Crippen LogP contribution in [0.5, 0.6) is 0 Å². The summed E-state index contributed by atoms with van der Waals surface area (Å²) in [5.41, 5.74) is 8.92. The Bertz CT molecular complexity index is 1370. The number of aromatic nitrogens is 5. The lowest BCUT2D eigenvalue weighted by Crippen LogP contribution is -2.07. The molecule has 1 N–H and O–H groups in total. The molecule has 0 atom stereocenters. The third-order valence-electron chi connectivity index (χ3n) is 5.88. The Morgan fingerprint density at radius 2 is 1.91 bits per heavy atom. The largest absolute Gasteiger partial charge is 0.423 e. The molecule has 0 aliphatic rings. The molecule has 3 heterocycles. The molecule has 0 unspecified atom stereocenters. The van der Waals surface area contributed by atoms with Crippen molar-refractivity contribution in [3.05, 3.63) is 78.3 Å². The first kappa shape index (κ1) is 20.9. The van der Waals surface area contributed by atoms with E-state index in [0.717, 1.165) is 41.7 Å². The van der Waals surface area contributed by atoms with E-state index >= 15 is 0 Å². The molecule has 0 radical (unpaired) electrons. The van der Waals surface area contributed by atoms with E-state index in [2.05, 4.69) is 81.2 Å². The molecule has 0 saturated heterocycles. The molecule has 0 amide bonds. The average molecular weight is 439 g/mol. The summed E-state index contributed by atoms with van der Waals surface area (Å²) in [6, 6.07) is 10.9. The lowest BCUT2D eigenvalue weighted by Gasteiger charge is -2.16. The Kier molecular flexibility index (Phi) is 5.60. The van der Waals surface area contributed by atoms with E-state index in [9.17, 15) is 0 Å². The van der Waals surface area contributed by atoms with Crippen molar-refractivity contribution in [1.82, 2.24) is 24.7 Å². The van der Waals surface area contributed by atoms with Gasteiger partial charge in [-0.25, -0.2) is 4.98 Å². The summed E-state index contributed by atoms with van der Waals surface area (Å²) in [6.45, 7) is 8.14. The Labute approximate surface area is 192 Å². The Morgan fingerprint density at radius 3 is 2.64 bits per heavy atom. The van der Waals surface area contributed by atoms with Gasteiger partial charge in [-0.3, -0.25) is 4.98 Å². The fraction of sp³-hybridized carbons (Fsp3) is 0.231. The molecule has 7 nitrogen and oxygen atoms in total. The van der Waals surface area contributed by atoms with Gasteiger partial charge < -0.3 is 14.3 Å². The van der Waals surface area contributed by atoms with Gasteiger partial charge in [0.1, 0.15) is 0 Å². The van der Waals surface area contributed by atoms with Crippen molar-refractivity contribution in [3.8, 4) is 22.6 Å².